The number of para-hydroxylation sites is 1. The van der Waals surface area contributed by atoms with Crippen molar-refractivity contribution in [2.24, 2.45) is 0 Å². The van der Waals surface area contributed by atoms with E-state index in [1.165, 1.54) is 0 Å². The van der Waals surface area contributed by atoms with E-state index in [0.717, 1.165) is 37.2 Å². The smallest absolute Gasteiger partial charge is 0.227 e. The first kappa shape index (κ1) is 13.9. The first-order valence-corrected chi connectivity index (χ1v) is 7.01. The third kappa shape index (κ3) is 3.70. The van der Waals surface area contributed by atoms with Crippen molar-refractivity contribution in [1.82, 2.24) is 5.32 Å². The molecule has 4 heteroatoms. The molecular weight excluding hydrogens is 240 g/mol. The number of carbonyl (C=O) groups is 1. The normalized spacial score (nSPS) is 17.4. The van der Waals surface area contributed by atoms with Crippen LogP contribution in [0.15, 0.2) is 24.3 Å². The van der Waals surface area contributed by atoms with Gasteiger partial charge in [0.05, 0.1) is 5.92 Å². The van der Waals surface area contributed by atoms with Crippen LogP contribution in [-0.4, -0.2) is 32.2 Å². The lowest BCUT2D eigenvalue weighted by Gasteiger charge is -2.25. The van der Waals surface area contributed by atoms with E-state index >= 15 is 0 Å². The van der Waals surface area contributed by atoms with Gasteiger partial charge in [0.2, 0.25) is 5.91 Å². The Labute approximate surface area is 114 Å². The quantitative estimate of drug-likeness (QED) is 0.772. The number of anilines is 1. The van der Waals surface area contributed by atoms with E-state index in [-0.39, 0.29) is 11.8 Å². The average molecular weight is 262 g/mol. The van der Waals surface area contributed by atoms with Crippen molar-refractivity contribution in [2.45, 2.75) is 25.7 Å². The second-order valence-electron chi connectivity index (χ2n) is 4.70. The lowest BCUT2D eigenvalue weighted by molar-refractivity contribution is -0.122. The maximum atomic E-state index is 12.2. The number of rotatable bonds is 6. The number of hydrogen-bond donors (Lipinski definition) is 2. The van der Waals surface area contributed by atoms with E-state index in [1.807, 2.05) is 31.2 Å². The fourth-order valence-corrected chi connectivity index (χ4v) is 2.39. The van der Waals surface area contributed by atoms with Gasteiger partial charge in [0.15, 0.2) is 0 Å². The van der Waals surface area contributed by atoms with Crippen LogP contribution in [0, 0.1) is 0 Å². The molecule has 1 aliphatic heterocycles. The molecule has 0 radical (unpaired) electrons. The maximum absolute atomic E-state index is 12.2. The minimum absolute atomic E-state index is 0.0236. The number of ether oxygens (including phenoxy) is 1. The highest BCUT2D eigenvalue weighted by atomic mass is 16.5. The summed E-state index contributed by atoms with van der Waals surface area (Å²) in [6, 6.07) is 8.05. The Hall–Kier alpha value is -1.55. The molecule has 2 rings (SSSR count). The van der Waals surface area contributed by atoms with Crippen molar-refractivity contribution < 1.29 is 9.53 Å². The van der Waals surface area contributed by atoms with Gasteiger partial charge in [0, 0.05) is 32.0 Å². The molecule has 0 saturated carbocycles. The topological polar surface area (TPSA) is 50.4 Å². The zero-order chi connectivity index (χ0) is 13.5. The standard InChI is InChI=1S/C15H22N2O2/c1-2-19-11-5-9-17-15(18)13-8-10-16-14-7-4-3-6-12(13)14/h3-4,6-7,13,16H,2,5,8-11H2,1H3,(H,17,18). The van der Waals surface area contributed by atoms with Crippen molar-refractivity contribution in [3.8, 4) is 0 Å². The van der Waals surface area contributed by atoms with Gasteiger partial charge >= 0.3 is 0 Å². The summed E-state index contributed by atoms with van der Waals surface area (Å²) in [6.07, 6.45) is 1.72. The molecule has 4 nitrogen and oxygen atoms in total. The molecule has 0 aliphatic carbocycles. The summed E-state index contributed by atoms with van der Waals surface area (Å²) in [5, 5.41) is 6.34. The highest BCUT2D eigenvalue weighted by Crippen LogP contribution is 2.31. The molecule has 19 heavy (non-hydrogen) atoms. The third-order valence-corrected chi connectivity index (χ3v) is 3.37. The van der Waals surface area contributed by atoms with E-state index in [1.54, 1.807) is 0 Å². The van der Waals surface area contributed by atoms with Crippen molar-refractivity contribution in [3.63, 3.8) is 0 Å². The summed E-state index contributed by atoms with van der Waals surface area (Å²) in [4.78, 5) is 12.2. The predicted molar refractivity (Wildman–Crippen MR) is 76.4 cm³/mol. The SMILES string of the molecule is CCOCCCNC(=O)C1CCNc2ccccc21. The first-order valence-electron chi connectivity index (χ1n) is 7.01. The summed E-state index contributed by atoms with van der Waals surface area (Å²) >= 11 is 0. The summed E-state index contributed by atoms with van der Waals surface area (Å²) < 4.78 is 5.26. The van der Waals surface area contributed by atoms with Gasteiger partial charge in [-0.15, -0.1) is 0 Å². The van der Waals surface area contributed by atoms with Gasteiger partial charge in [-0.3, -0.25) is 4.79 Å². The van der Waals surface area contributed by atoms with E-state index in [9.17, 15) is 4.79 Å². The Morgan fingerprint density at radius 2 is 2.32 bits per heavy atom. The summed E-state index contributed by atoms with van der Waals surface area (Å²) in [7, 11) is 0. The average Bonchev–Trinajstić information content (AvgIpc) is 2.46. The van der Waals surface area contributed by atoms with Gasteiger partial charge in [-0.1, -0.05) is 18.2 Å². The second-order valence-corrected chi connectivity index (χ2v) is 4.70. The molecule has 0 fully saturated rings. The molecular formula is C15H22N2O2. The second kappa shape index (κ2) is 7.14. The Kier molecular flexibility index (Phi) is 5.21. The molecule has 0 aromatic heterocycles. The fourth-order valence-electron chi connectivity index (χ4n) is 2.39. The van der Waals surface area contributed by atoms with E-state index in [0.29, 0.717) is 13.2 Å². The monoisotopic (exact) mass is 262 g/mol. The number of benzene rings is 1. The number of amides is 1. The van der Waals surface area contributed by atoms with Crippen LogP contribution in [0.2, 0.25) is 0 Å². The summed E-state index contributed by atoms with van der Waals surface area (Å²) in [6.45, 7) is 4.96. The molecule has 1 aromatic carbocycles. The Balaban J connectivity index is 1.86. The molecule has 0 saturated heterocycles. The van der Waals surface area contributed by atoms with Crippen LogP contribution < -0.4 is 10.6 Å². The van der Waals surface area contributed by atoms with Crippen LogP contribution in [-0.2, 0) is 9.53 Å². The van der Waals surface area contributed by atoms with Crippen molar-refractivity contribution in [2.75, 3.05) is 31.6 Å². The predicted octanol–water partition coefficient (Wildman–Crippen LogP) is 2.13. The summed E-state index contributed by atoms with van der Waals surface area (Å²) in [5.41, 5.74) is 2.19. The van der Waals surface area contributed by atoms with Crippen LogP contribution in [0.25, 0.3) is 0 Å². The molecule has 2 N–H and O–H groups in total. The molecule has 104 valence electrons. The van der Waals surface area contributed by atoms with E-state index in [4.69, 9.17) is 4.74 Å². The van der Waals surface area contributed by atoms with Crippen molar-refractivity contribution in [1.29, 1.82) is 0 Å². The lowest BCUT2D eigenvalue weighted by atomic mass is 9.90. The van der Waals surface area contributed by atoms with Crippen molar-refractivity contribution in [3.05, 3.63) is 29.8 Å². The Morgan fingerprint density at radius 1 is 1.47 bits per heavy atom. The number of carbonyl (C=O) groups excluding carboxylic acids is 1. The Bertz CT molecular complexity index is 420. The Morgan fingerprint density at radius 3 is 3.16 bits per heavy atom. The van der Waals surface area contributed by atoms with Gasteiger partial charge in [-0.25, -0.2) is 0 Å². The molecule has 1 atom stereocenters. The molecule has 1 amide bonds. The summed E-state index contributed by atoms with van der Waals surface area (Å²) in [5.74, 6) is 0.106. The number of fused-ring (bicyclic) bond motifs is 1. The minimum Gasteiger partial charge on any atom is -0.385 e. The zero-order valence-corrected chi connectivity index (χ0v) is 11.4. The highest BCUT2D eigenvalue weighted by Gasteiger charge is 2.25. The van der Waals surface area contributed by atoms with E-state index < -0.39 is 0 Å². The zero-order valence-electron chi connectivity index (χ0n) is 11.4. The number of hydrogen-bond acceptors (Lipinski definition) is 3. The molecule has 1 aromatic rings. The first-order chi connectivity index (χ1) is 9.33. The maximum Gasteiger partial charge on any atom is 0.227 e. The van der Waals surface area contributed by atoms with Gasteiger partial charge in [-0.05, 0) is 31.4 Å². The highest BCUT2D eigenvalue weighted by molar-refractivity contribution is 5.86. The fraction of sp³-hybridized carbons (Fsp3) is 0.533. The molecule has 1 unspecified atom stereocenters. The van der Waals surface area contributed by atoms with Gasteiger partial charge in [0.25, 0.3) is 0 Å². The van der Waals surface area contributed by atoms with Crippen LogP contribution in [0.4, 0.5) is 5.69 Å². The van der Waals surface area contributed by atoms with Crippen LogP contribution in [0.1, 0.15) is 31.2 Å². The van der Waals surface area contributed by atoms with Crippen LogP contribution in [0.5, 0.6) is 0 Å². The lowest BCUT2D eigenvalue weighted by Crippen LogP contribution is -2.33. The molecule has 0 spiro atoms. The molecule has 0 bridgehead atoms. The third-order valence-electron chi connectivity index (χ3n) is 3.37. The largest absolute Gasteiger partial charge is 0.385 e. The van der Waals surface area contributed by atoms with Gasteiger partial charge < -0.3 is 15.4 Å². The van der Waals surface area contributed by atoms with Crippen LogP contribution >= 0.6 is 0 Å². The van der Waals surface area contributed by atoms with Gasteiger partial charge in [-0.2, -0.15) is 0 Å². The molecule has 1 aliphatic rings. The van der Waals surface area contributed by atoms with Crippen molar-refractivity contribution >= 4 is 11.6 Å². The van der Waals surface area contributed by atoms with Gasteiger partial charge in [0.1, 0.15) is 0 Å². The minimum atomic E-state index is -0.0236. The molecule has 1 heterocycles. The number of nitrogens with one attached hydrogen (secondary N) is 2. The van der Waals surface area contributed by atoms with Crippen LogP contribution in [0.3, 0.4) is 0 Å². The van der Waals surface area contributed by atoms with E-state index in [2.05, 4.69) is 10.6 Å².